The molecule has 0 radical (unpaired) electrons. The van der Waals surface area contributed by atoms with Crippen molar-refractivity contribution in [2.45, 2.75) is 53.5 Å². The Labute approximate surface area is 144 Å². The van der Waals surface area contributed by atoms with E-state index in [0.29, 0.717) is 28.4 Å². The molecule has 3 rings (SSSR count). The van der Waals surface area contributed by atoms with Gasteiger partial charge >= 0.3 is 4.87 Å². The number of Topliss-reactive ketones (excluding diaryl/α,β-unsaturated/α-hetero) is 2. The SMILES string of the molecule is CC(=O)c1c(C)[nH]c(C(=O)Cn2c3c(sc2=O)CC(C)CC3)c1C. The van der Waals surface area contributed by atoms with Crippen molar-refractivity contribution in [1.29, 1.82) is 0 Å². The normalized spacial score (nSPS) is 16.9. The first-order valence-electron chi connectivity index (χ1n) is 8.24. The molecule has 0 saturated carbocycles. The van der Waals surface area contributed by atoms with Crippen molar-refractivity contribution in [3.8, 4) is 0 Å². The van der Waals surface area contributed by atoms with Crippen molar-refractivity contribution in [2.75, 3.05) is 0 Å². The van der Waals surface area contributed by atoms with Gasteiger partial charge in [-0.3, -0.25) is 19.0 Å². The second kappa shape index (κ2) is 6.16. The average molecular weight is 346 g/mol. The summed E-state index contributed by atoms with van der Waals surface area (Å²) in [5.41, 5.74) is 3.41. The van der Waals surface area contributed by atoms with Gasteiger partial charge in [-0.25, -0.2) is 0 Å². The van der Waals surface area contributed by atoms with E-state index in [4.69, 9.17) is 0 Å². The van der Waals surface area contributed by atoms with Crippen LogP contribution in [0.25, 0.3) is 0 Å². The van der Waals surface area contributed by atoms with Gasteiger partial charge in [-0.2, -0.15) is 0 Å². The Hall–Kier alpha value is -1.95. The number of thiazole rings is 1. The summed E-state index contributed by atoms with van der Waals surface area (Å²) in [6, 6.07) is 0. The van der Waals surface area contributed by atoms with Gasteiger partial charge in [-0.15, -0.1) is 0 Å². The maximum Gasteiger partial charge on any atom is 0.307 e. The molecule has 0 saturated heterocycles. The second-order valence-electron chi connectivity index (χ2n) is 6.78. The molecule has 0 bridgehead atoms. The van der Waals surface area contributed by atoms with Gasteiger partial charge in [0.2, 0.25) is 0 Å². The van der Waals surface area contributed by atoms with E-state index in [1.54, 1.807) is 18.4 Å². The molecular formula is C18H22N2O3S. The van der Waals surface area contributed by atoms with Crippen molar-refractivity contribution in [2.24, 2.45) is 5.92 Å². The zero-order chi connectivity index (χ0) is 17.6. The van der Waals surface area contributed by atoms with Gasteiger partial charge in [0.1, 0.15) is 0 Å². The minimum absolute atomic E-state index is 0.0389. The Morgan fingerprint density at radius 3 is 2.67 bits per heavy atom. The van der Waals surface area contributed by atoms with E-state index in [-0.39, 0.29) is 23.0 Å². The lowest BCUT2D eigenvalue weighted by atomic mass is 9.93. The van der Waals surface area contributed by atoms with Crippen LogP contribution in [0, 0.1) is 19.8 Å². The quantitative estimate of drug-likeness (QED) is 0.865. The summed E-state index contributed by atoms with van der Waals surface area (Å²) in [6.07, 6.45) is 2.82. The third kappa shape index (κ3) is 2.79. The number of carbonyl (C=O) groups excluding carboxylic acids is 2. The van der Waals surface area contributed by atoms with Crippen LogP contribution in [-0.2, 0) is 19.4 Å². The summed E-state index contributed by atoms with van der Waals surface area (Å²) < 4.78 is 1.62. The van der Waals surface area contributed by atoms with Gasteiger partial charge < -0.3 is 4.98 Å². The van der Waals surface area contributed by atoms with Gasteiger partial charge in [0, 0.05) is 21.8 Å². The van der Waals surface area contributed by atoms with Gasteiger partial charge in [-0.05, 0) is 51.5 Å². The molecule has 1 unspecified atom stereocenters. The third-order valence-corrected chi connectivity index (χ3v) is 5.90. The molecule has 24 heavy (non-hydrogen) atoms. The van der Waals surface area contributed by atoms with E-state index in [9.17, 15) is 14.4 Å². The molecule has 0 aromatic carbocycles. The fourth-order valence-electron chi connectivity index (χ4n) is 3.66. The van der Waals surface area contributed by atoms with Gasteiger partial charge in [-0.1, -0.05) is 18.3 Å². The summed E-state index contributed by atoms with van der Waals surface area (Å²) in [4.78, 5) is 40.9. The number of H-pyrrole nitrogens is 1. The van der Waals surface area contributed by atoms with Crippen molar-refractivity contribution >= 4 is 22.9 Å². The Kier molecular flexibility index (Phi) is 4.34. The monoisotopic (exact) mass is 346 g/mol. The summed E-state index contributed by atoms with van der Waals surface area (Å²) in [5, 5.41) is 0. The smallest absolute Gasteiger partial charge is 0.307 e. The molecule has 6 heteroatoms. The van der Waals surface area contributed by atoms with E-state index < -0.39 is 0 Å². The zero-order valence-corrected chi connectivity index (χ0v) is 15.3. The van der Waals surface area contributed by atoms with Crippen LogP contribution in [0.4, 0.5) is 0 Å². The molecule has 2 aromatic rings. The number of aryl methyl sites for hydroxylation is 1. The first-order chi connectivity index (χ1) is 11.3. The summed E-state index contributed by atoms with van der Waals surface area (Å²) >= 11 is 1.27. The number of ketones is 2. The van der Waals surface area contributed by atoms with E-state index >= 15 is 0 Å². The van der Waals surface area contributed by atoms with Gasteiger partial charge in [0.05, 0.1) is 12.2 Å². The van der Waals surface area contributed by atoms with E-state index in [2.05, 4.69) is 11.9 Å². The van der Waals surface area contributed by atoms with Gasteiger partial charge in [0.15, 0.2) is 11.6 Å². The largest absolute Gasteiger partial charge is 0.355 e. The minimum Gasteiger partial charge on any atom is -0.355 e. The Morgan fingerprint density at radius 1 is 1.33 bits per heavy atom. The van der Waals surface area contributed by atoms with Crippen LogP contribution in [0.2, 0.25) is 0 Å². The number of aromatic nitrogens is 2. The minimum atomic E-state index is -0.149. The molecule has 1 atom stereocenters. The first kappa shape index (κ1) is 16.9. The molecule has 0 spiro atoms. The molecule has 1 aliphatic carbocycles. The summed E-state index contributed by atoms with van der Waals surface area (Å²) in [6.45, 7) is 7.30. The van der Waals surface area contributed by atoms with Crippen LogP contribution < -0.4 is 4.87 Å². The Balaban J connectivity index is 1.93. The molecule has 5 nitrogen and oxygen atoms in total. The highest BCUT2D eigenvalue weighted by molar-refractivity contribution is 7.09. The summed E-state index contributed by atoms with van der Waals surface area (Å²) in [7, 11) is 0. The van der Waals surface area contributed by atoms with Gasteiger partial charge in [0.25, 0.3) is 0 Å². The number of nitrogens with zero attached hydrogens (tertiary/aromatic N) is 1. The first-order valence-corrected chi connectivity index (χ1v) is 9.06. The number of rotatable bonds is 4. The lowest BCUT2D eigenvalue weighted by Crippen LogP contribution is -2.24. The maximum atomic E-state index is 12.7. The number of aromatic amines is 1. The molecule has 2 aromatic heterocycles. The number of nitrogens with one attached hydrogen (secondary N) is 1. The predicted molar refractivity (Wildman–Crippen MR) is 94.4 cm³/mol. The molecular weight excluding hydrogens is 324 g/mol. The number of carbonyl (C=O) groups is 2. The highest BCUT2D eigenvalue weighted by atomic mass is 32.1. The Morgan fingerprint density at radius 2 is 2.04 bits per heavy atom. The second-order valence-corrected chi connectivity index (χ2v) is 7.82. The van der Waals surface area contributed by atoms with Crippen LogP contribution in [0.1, 0.15) is 62.9 Å². The standard InChI is InChI=1S/C18H22N2O3S/c1-9-5-6-13-15(7-9)24-18(23)20(13)8-14(22)17-10(2)16(12(4)21)11(3)19-17/h9,19H,5-8H2,1-4H3. The fourth-order valence-corrected chi connectivity index (χ4v) is 4.85. The molecule has 2 heterocycles. The number of hydrogen-bond donors (Lipinski definition) is 1. The fraction of sp³-hybridized carbons (Fsp3) is 0.500. The number of fused-ring (bicyclic) bond motifs is 1. The van der Waals surface area contributed by atoms with Crippen LogP contribution >= 0.6 is 11.3 Å². The van der Waals surface area contributed by atoms with Crippen LogP contribution in [0.5, 0.6) is 0 Å². The van der Waals surface area contributed by atoms with Crippen molar-refractivity contribution in [3.63, 3.8) is 0 Å². The summed E-state index contributed by atoms with van der Waals surface area (Å²) in [5.74, 6) is 0.384. The average Bonchev–Trinajstić information content (AvgIpc) is 2.95. The topological polar surface area (TPSA) is 71.9 Å². The van der Waals surface area contributed by atoms with E-state index in [1.807, 2.05) is 0 Å². The Bertz CT molecular complexity index is 885. The molecule has 128 valence electrons. The van der Waals surface area contributed by atoms with Crippen molar-refractivity contribution in [1.82, 2.24) is 9.55 Å². The number of hydrogen-bond acceptors (Lipinski definition) is 4. The van der Waals surface area contributed by atoms with Crippen LogP contribution in [0.15, 0.2) is 4.79 Å². The molecule has 1 N–H and O–H groups in total. The predicted octanol–water partition coefficient (Wildman–Crippen LogP) is 3.07. The lowest BCUT2D eigenvalue weighted by molar-refractivity contribution is 0.0964. The molecule has 1 aliphatic rings. The molecule has 0 fully saturated rings. The highest BCUT2D eigenvalue weighted by Gasteiger charge is 2.25. The van der Waals surface area contributed by atoms with E-state index in [1.165, 1.54) is 18.3 Å². The third-order valence-electron chi connectivity index (χ3n) is 4.86. The molecule has 0 aliphatic heterocycles. The maximum absolute atomic E-state index is 12.7. The van der Waals surface area contributed by atoms with Crippen molar-refractivity contribution < 1.29 is 9.59 Å². The molecule has 0 amide bonds. The van der Waals surface area contributed by atoms with E-state index in [0.717, 1.165) is 29.8 Å². The highest BCUT2D eigenvalue weighted by Crippen LogP contribution is 2.27. The zero-order valence-electron chi connectivity index (χ0n) is 14.5. The lowest BCUT2D eigenvalue weighted by Gasteiger charge is -2.19. The van der Waals surface area contributed by atoms with Crippen LogP contribution in [0.3, 0.4) is 0 Å². The van der Waals surface area contributed by atoms with Crippen LogP contribution in [-0.4, -0.2) is 21.1 Å². The van der Waals surface area contributed by atoms with Crippen molar-refractivity contribution in [3.05, 3.63) is 42.8 Å².